The molecule has 1 rings (SSSR count). The lowest BCUT2D eigenvalue weighted by atomic mass is 9.98. The number of rotatable bonds is 8. The van der Waals surface area contributed by atoms with Crippen molar-refractivity contribution in [2.45, 2.75) is 47.1 Å². The van der Waals surface area contributed by atoms with Gasteiger partial charge in [0.05, 0.1) is 0 Å². The van der Waals surface area contributed by atoms with Crippen LogP contribution in [0, 0.1) is 19.8 Å². The first-order valence-electron chi connectivity index (χ1n) is 7.93. The van der Waals surface area contributed by atoms with E-state index in [0.717, 1.165) is 19.6 Å². The molecule has 0 saturated carbocycles. The van der Waals surface area contributed by atoms with Crippen LogP contribution in [-0.2, 0) is 0 Å². The molecule has 114 valence electrons. The van der Waals surface area contributed by atoms with E-state index in [2.05, 4.69) is 70.1 Å². The number of benzene rings is 1. The van der Waals surface area contributed by atoms with Gasteiger partial charge in [0, 0.05) is 19.1 Å². The fourth-order valence-electron chi connectivity index (χ4n) is 2.74. The first-order valence-corrected chi connectivity index (χ1v) is 7.93. The van der Waals surface area contributed by atoms with E-state index < -0.39 is 0 Å². The molecule has 1 N–H and O–H groups in total. The molecule has 1 aromatic rings. The predicted octanol–water partition coefficient (Wildman–Crippen LogP) is 3.93. The maximum absolute atomic E-state index is 3.72. The standard InChI is InChI=1S/C18H32N2/c1-7-10-19-18(13-20(6)12-14(2)3)17-11-15(4)8-9-16(17)5/h8-9,11,14,18-19H,7,10,12-13H2,1-6H3. The zero-order valence-corrected chi connectivity index (χ0v) is 14.2. The second kappa shape index (κ2) is 8.43. The third kappa shape index (κ3) is 5.64. The van der Waals surface area contributed by atoms with Crippen LogP contribution in [0.25, 0.3) is 0 Å². The number of nitrogens with zero attached hydrogens (tertiary/aromatic N) is 1. The lowest BCUT2D eigenvalue weighted by molar-refractivity contribution is 0.262. The molecule has 0 heterocycles. The molecule has 0 aliphatic heterocycles. The molecule has 0 aromatic heterocycles. The monoisotopic (exact) mass is 276 g/mol. The van der Waals surface area contributed by atoms with Gasteiger partial charge in [-0.15, -0.1) is 0 Å². The highest BCUT2D eigenvalue weighted by Gasteiger charge is 2.16. The Morgan fingerprint density at radius 3 is 2.45 bits per heavy atom. The van der Waals surface area contributed by atoms with E-state index in [4.69, 9.17) is 0 Å². The van der Waals surface area contributed by atoms with Gasteiger partial charge in [0.15, 0.2) is 0 Å². The Morgan fingerprint density at radius 1 is 1.15 bits per heavy atom. The van der Waals surface area contributed by atoms with Crippen LogP contribution in [0.4, 0.5) is 0 Å². The Hall–Kier alpha value is -0.860. The molecule has 1 aromatic carbocycles. The number of nitrogens with one attached hydrogen (secondary N) is 1. The Morgan fingerprint density at radius 2 is 1.85 bits per heavy atom. The van der Waals surface area contributed by atoms with E-state index in [-0.39, 0.29) is 0 Å². The topological polar surface area (TPSA) is 15.3 Å². The number of likely N-dealkylation sites (N-methyl/N-ethyl adjacent to an activating group) is 1. The SMILES string of the molecule is CCCNC(CN(C)CC(C)C)c1cc(C)ccc1C. The van der Waals surface area contributed by atoms with Crippen molar-refractivity contribution in [2.75, 3.05) is 26.7 Å². The van der Waals surface area contributed by atoms with E-state index in [1.165, 1.54) is 23.1 Å². The summed E-state index contributed by atoms with van der Waals surface area (Å²) in [6.45, 7) is 14.5. The molecule has 0 bridgehead atoms. The molecule has 0 fully saturated rings. The van der Waals surface area contributed by atoms with Crippen molar-refractivity contribution in [1.29, 1.82) is 0 Å². The molecule has 0 radical (unpaired) electrons. The maximum Gasteiger partial charge on any atom is 0.0451 e. The van der Waals surface area contributed by atoms with Crippen molar-refractivity contribution in [3.63, 3.8) is 0 Å². The van der Waals surface area contributed by atoms with Gasteiger partial charge in [-0.1, -0.05) is 44.5 Å². The Kier molecular flexibility index (Phi) is 7.25. The van der Waals surface area contributed by atoms with Gasteiger partial charge in [0.25, 0.3) is 0 Å². The van der Waals surface area contributed by atoms with Gasteiger partial charge in [-0.25, -0.2) is 0 Å². The number of hydrogen-bond acceptors (Lipinski definition) is 2. The van der Waals surface area contributed by atoms with E-state index in [1.807, 2.05) is 0 Å². The average molecular weight is 276 g/mol. The highest BCUT2D eigenvalue weighted by atomic mass is 15.1. The molecule has 1 atom stereocenters. The molecular weight excluding hydrogens is 244 g/mol. The summed E-state index contributed by atoms with van der Waals surface area (Å²) in [5, 5.41) is 3.72. The molecule has 20 heavy (non-hydrogen) atoms. The minimum atomic E-state index is 0.429. The zero-order chi connectivity index (χ0) is 15.1. The Bertz CT molecular complexity index is 398. The molecule has 2 heteroatoms. The van der Waals surface area contributed by atoms with Crippen LogP contribution in [0.5, 0.6) is 0 Å². The molecule has 2 nitrogen and oxygen atoms in total. The van der Waals surface area contributed by atoms with E-state index in [0.29, 0.717) is 12.0 Å². The number of hydrogen-bond donors (Lipinski definition) is 1. The summed E-state index contributed by atoms with van der Waals surface area (Å²) in [7, 11) is 2.23. The highest BCUT2D eigenvalue weighted by Crippen LogP contribution is 2.20. The molecule has 0 amide bonds. The third-order valence-electron chi connectivity index (χ3n) is 3.62. The molecule has 0 aliphatic rings. The smallest absolute Gasteiger partial charge is 0.0451 e. The van der Waals surface area contributed by atoms with Gasteiger partial charge in [0.2, 0.25) is 0 Å². The molecule has 0 spiro atoms. The number of aryl methyl sites for hydroxylation is 2. The van der Waals surface area contributed by atoms with Gasteiger partial charge in [-0.3, -0.25) is 0 Å². The minimum absolute atomic E-state index is 0.429. The average Bonchev–Trinajstić information content (AvgIpc) is 2.36. The summed E-state index contributed by atoms with van der Waals surface area (Å²) in [5.41, 5.74) is 4.19. The summed E-state index contributed by atoms with van der Waals surface area (Å²) in [4.78, 5) is 2.44. The van der Waals surface area contributed by atoms with E-state index >= 15 is 0 Å². The van der Waals surface area contributed by atoms with Crippen molar-refractivity contribution in [3.8, 4) is 0 Å². The largest absolute Gasteiger partial charge is 0.309 e. The van der Waals surface area contributed by atoms with Gasteiger partial charge >= 0.3 is 0 Å². The third-order valence-corrected chi connectivity index (χ3v) is 3.62. The van der Waals surface area contributed by atoms with Crippen molar-refractivity contribution in [1.82, 2.24) is 10.2 Å². The van der Waals surface area contributed by atoms with Crippen LogP contribution >= 0.6 is 0 Å². The van der Waals surface area contributed by atoms with Gasteiger partial charge < -0.3 is 10.2 Å². The van der Waals surface area contributed by atoms with Gasteiger partial charge in [-0.05, 0) is 50.9 Å². The van der Waals surface area contributed by atoms with Crippen LogP contribution in [0.15, 0.2) is 18.2 Å². The lowest BCUT2D eigenvalue weighted by Gasteiger charge is -2.28. The zero-order valence-electron chi connectivity index (χ0n) is 14.2. The Balaban J connectivity index is 2.84. The maximum atomic E-state index is 3.72. The Labute approximate surface area is 125 Å². The summed E-state index contributed by atoms with van der Waals surface area (Å²) in [6, 6.07) is 7.21. The van der Waals surface area contributed by atoms with Crippen molar-refractivity contribution in [2.24, 2.45) is 5.92 Å². The summed E-state index contributed by atoms with van der Waals surface area (Å²) in [6.07, 6.45) is 1.18. The summed E-state index contributed by atoms with van der Waals surface area (Å²) < 4.78 is 0. The van der Waals surface area contributed by atoms with Gasteiger partial charge in [0.1, 0.15) is 0 Å². The first-order chi connectivity index (χ1) is 9.43. The highest BCUT2D eigenvalue weighted by molar-refractivity contribution is 5.33. The summed E-state index contributed by atoms with van der Waals surface area (Å²) >= 11 is 0. The van der Waals surface area contributed by atoms with Crippen LogP contribution in [0.1, 0.15) is 49.9 Å². The van der Waals surface area contributed by atoms with Crippen molar-refractivity contribution >= 4 is 0 Å². The van der Waals surface area contributed by atoms with Gasteiger partial charge in [-0.2, -0.15) is 0 Å². The van der Waals surface area contributed by atoms with Crippen LogP contribution in [-0.4, -0.2) is 31.6 Å². The fourth-order valence-corrected chi connectivity index (χ4v) is 2.74. The lowest BCUT2D eigenvalue weighted by Crippen LogP contribution is -2.35. The minimum Gasteiger partial charge on any atom is -0.309 e. The second-order valence-electron chi connectivity index (χ2n) is 6.48. The first kappa shape index (κ1) is 17.2. The van der Waals surface area contributed by atoms with Crippen LogP contribution < -0.4 is 5.32 Å². The van der Waals surface area contributed by atoms with E-state index in [9.17, 15) is 0 Å². The fraction of sp³-hybridized carbons (Fsp3) is 0.667. The molecule has 0 aliphatic carbocycles. The molecule has 0 saturated heterocycles. The summed E-state index contributed by atoms with van der Waals surface area (Å²) in [5.74, 6) is 0.713. The van der Waals surface area contributed by atoms with Crippen molar-refractivity contribution < 1.29 is 0 Å². The van der Waals surface area contributed by atoms with Crippen LogP contribution in [0.3, 0.4) is 0 Å². The van der Waals surface area contributed by atoms with Crippen molar-refractivity contribution in [3.05, 3.63) is 34.9 Å². The van der Waals surface area contributed by atoms with Crippen LogP contribution in [0.2, 0.25) is 0 Å². The quantitative estimate of drug-likeness (QED) is 0.774. The molecule has 1 unspecified atom stereocenters. The second-order valence-corrected chi connectivity index (χ2v) is 6.48. The normalized spacial score (nSPS) is 13.2. The van der Waals surface area contributed by atoms with E-state index in [1.54, 1.807) is 0 Å². The molecular formula is C18H32N2. The predicted molar refractivity (Wildman–Crippen MR) is 89.3 cm³/mol.